The normalized spacial score (nSPS) is 37.6. The van der Waals surface area contributed by atoms with Gasteiger partial charge in [-0.1, -0.05) is 11.8 Å². The van der Waals surface area contributed by atoms with Crippen molar-refractivity contribution < 1.29 is 9.59 Å². The molecule has 88 valence electrons. The number of hydrogen-bond acceptors (Lipinski definition) is 4. The van der Waals surface area contributed by atoms with Crippen LogP contribution in [0.5, 0.6) is 0 Å². The molecule has 0 spiro atoms. The van der Waals surface area contributed by atoms with Crippen LogP contribution in [0.3, 0.4) is 0 Å². The molecule has 2 N–H and O–H groups in total. The summed E-state index contributed by atoms with van der Waals surface area (Å²) >= 11 is 1.20. The van der Waals surface area contributed by atoms with Gasteiger partial charge in [0.15, 0.2) is 0 Å². The van der Waals surface area contributed by atoms with Gasteiger partial charge in [-0.05, 0) is 11.8 Å². The summed E-state index contributed by atoms with van der Waals surface area (Å²) in [4.78, 5) is 25.1. The molecule has 0 aliphatic carbocycles. The Morgan fingerprint density at radius 2 is 2.00 bits per heavy atom. The van der Waals surface area contributed by atoms with E-state index in [1.165, 1.54) is 11.8 Å². The fraction of sp³-hybridized carbons (Fsp3) is 0.800. The first-order chi connectivity index (χ1) is 7.74. The minimum atomic E-state index is -0.288. The predicted octanol–water partition coefficient (Wildman–Crippen LogP) is -0.511. The number of thioether (sulfide) groups is 1. The van der Waals surface area contributed by atoms with Crippen LogP contribution in [0, 0.1) is 11.8 Å². The highest BCUT2D eigenvalue weighted by molar-refractivity contribution is 8.14. The first-order valence-electron chi connectivity index (χ1n) is 5.67. The van der Waals surface area contributed by atoms with Gasteiger partial charge in [0, 0.05) is 31.9 Å². The highest BCUT2D eigenvalue weighted by Crippen LogP contribution is 2.27. The lowest BCUT2D eigenvalue weighted by molar-refractivity contribution is -0.131. The van der Waals surface area contributed by atoms with Gasteiger partial charge in [0.2, 0.25) is 5.91 Å². The maximum Gasteiger partial charge on any atom is 0.279 e. The van der Waals surface area contributed by atoms with Gasteiger partial charge in [-0.15, -0.1) is 0 Å². The van der Waals surface area contributed by atoms with Gasteiger partial charge in [0.1, 0.15) is 6.04 Å². The average Bonchev–Trinajstić information content (AvgIpc) is 2.89. The molecule has 0 aromatic rings. The molecule has 6 heteroatoms. The largest absolute Gasteiger partial charge is 0.340 e. The number of likely N-dealkylation sites (tertiary alicyclic amines) is 1. The Morgan fingerprint density at radius 3 is 2.56 bits per heavy atom. The molecule has 0 radical (unpaired) electrons. The highest BCUT2D eigenvalue weighted by atomic mass is 32.2. The Morgan fingerprint density at radius 1 is 1.31 bits per heavy atom. The van der Waals surface area contributed by atoms with E-state index in [2.05, 4.69) is 10.6 Å². The Kier molecular flexibility index (Phi) is 2.55. The van der Waals surface area contributed by atoms with E-state index in [-0.39, 0.29) is 17.2 Å². The summed E-state index contributed by atoms with van der Waals surface area (Å²) in [6, 6.07) is -0.288. The van der Waals surface area contributed by atoms with Gasteiger partial charge in [-0.3, -0.25) is 9.59 Å². The van der Waals surface area contributed by atoms with Crippen LogP contribution in [0.15, 0.2) is 0 Å². The number of carbonyl (C=O) groups is 2. The number of carbonyl (C=O) groups excluding carboxylic acids is 2. The summed E-state index contributed by atoms with van der Waals surface area (Å²) < 4.78 is 0. The molecule has 3 fully saturated rings. The second kappa shape index (κ2) is 3.92. The van der Waals surface area contributed by atoms with Crippen LogP contribution in [0.1, 0.15) is 0 Å². The van der Waals surface area contributed by atoms with E-state index in [1.54, 1.807) is 0 Å². The third kappa shape index (κ3) is 1.69. The second-order valence-corrected chi connectivity index (χ2v) is 5.71. The smallest absolute Gasteiger partial charge is 0.279 e. The van der Waals surface area contributed by atoms with Crippen molar-refractivity contribution in [3.05, 3.63) is 0 Å². The van der Waals surface area contributed by atoms with Crippen molar-refractivity contribution in [3.8, 4) is 0 Å². The Hall–Kier alpha value is -0.750. The molecule has 0 aromatic carbocycles. The fourth-order valence-corrected chi connectivity index (χ4v) is 3.54. The Balaban J connectivity index is 1.62. The maximum atomic E-state index is 12.1. The third-order valence-corrected chi connectivity index (χ3v) is 4.55. The van der Waals surface area contributed by atoms with E-state index in [0.717, 1.165) is 26.2 Å². The number of amides is 2. The zero-order valence-corrected chi connectivity index (χ0v) is 9.76. The van der Waals surface area contributed by atoms with Crippen LogP contribution in [-0.2, 0) is 4.79 Å². The van der Waals surface area contributed by atoms with Gasteiger partial charge < -0.3 is 15.5 Å². The van der Waals surface area contributed by atoms with Gasteiger partial charge >= 0.3 is 0 Å². The summed E-state index contributed by atoms with van der Waals surface area (Å²) in [6.45, 7) is 3.77. The first-order valence-corrected chi connectivity index (χ1v) is 6.65. The molecule has 0 unspecified atom stereocenters. The van der Waals surface area contributed by atoms with Crippen LogP contribution < -0.4 is 10.6 Å². The van der Waals surface area contributed by atoms with Gasteiger partial charge in [0.05, 0.1) is 0 Å². The predicted molar refractivity (Wildman–Crippen MR) is 61.2 cm³/mol. The summed E-state index contributed by atoms with van der Waals surface area (Å²) in [5, 5.41) is 5.99. The molecule has 0 saturated carbocycles. The summed E-state index contributed by atoms with van der Waals surface area (Å²) in [6.07, 6.45) is 0. The van der Waals surface area contributed by atoms with E-state index < -0.39 is 0 Å². The van der Waals surface area contributed by atoms with E-state index in [0.29, 0.717) is 17.6 Å². The minimum Gasteiger partial charge on any atom is -0.340 e. The van der Waals surface area contributed by atoms with Gasteiger partial charge in [-0.2, -0.15) is 0 Å². The van der Waals surface area contributed by atoms with Gasteiger partial charge in [0.25, 0.3) is 5.24 Å². The number of nitrogens with one attached hydrogen (secondary N) is 2. The quantitative estimate of drug-likeness (QED) is 0.649. The monoisotopic (exact) mass is 241 g/mol. The standard InChI is InChI=1S/C10H15N3O2S/c14-9(8-5-16-10(15)12-8)13-3-6-1-11-2-7(6)4-13/h6-8,11H,1-5H2,(H,12,15)/t6-,7+,8-/m0/s1. The fourth-order valence-electron chi connectivity index (χ4n) is 2.77. The zero-order valence-electron chi connectivity index (χ0n) is 8.94. The van der Waals surface area contributed by atoms with Crippen molar-refractivity contribution in [1.82, 2.24) is 15.5 Å². The SMILES string of the molecule is O=C1N[C@H](C(=O)N2C[C@H]3CNC[C@H]3C2)CS1. The highest BCUT2D eigenvalue weighted by Gasteiger charge is 2.41. The average molecular weight is 241 g/mol. The zero-order chi connectivity index (χ0) is 11.1. The minimum absolute atomic E-state index is 0.0700. The van der Waals surface area contributed by atoms with E-state index in [1.807, 2.05) is 4.90 Å². The lowest BCUT2D eigenvalue weighted by Gasteiger charge is -2.20. The molecular weight excluding hydrogens is 226 g/mol. The van der Waals surface area contributed by atoms with E-state index in [9.17, 15) is 9.59 Å². The van der Waals surface area contributed by atoms with Crippen molar-refractivity contribution in [2.75, 3.05) is 31.9 Å². The summed E-state index contributed by atoms with van der Waals surface area (Å²) in [5.74, 6) is 1.93. The van der Waals surface area contributed by atoms with E-state index in [4.69, 9.17) is 0 Å². The third-order valence-electron chi connectivity index (χ3n) is 3.67. The number of rotatable bonds is 1. The number of fused-ring (bicyclic) bond motifs is 1. The van der Waals surface area contributed by atoms with Crippen LogP contribution in [0.25, 0.3) is 0 Å². The molecular formula is C10H15N3O2S. The molecule has 3 saturated heterocycles. The van der Waals surface area contributed by atoms with Crippen molar-refractivity contribution in [3.63, 3.8) is 0 Å². The lowest BCUT2D eigenvalue weighted by Crippen LogP contribution is -2.45. The number of hydrogen-bond donors (Lipinski definition) is 2. The summed E-state index contributed by atoms with van der Waals surface area (Å²) in [5.41, 5.74) is 0. The molecule has 3 aliphatic rings. The Labute approximate surface area is 98.3 Å². The maximum absolute atomic E-state index is 12.1. The topological polar surface area (TPSA) is 61.4 Å². The lowest BCUT2D eigenvalue weighted by atomic mass is 10.0. The van der Waals surface area contributed by atoms with Crippen molar-refractivity contribution in [2.45, 2.75) is 6.04 Å². The summed E-state index contributed by atoms with van der Waals surface area (Å²) in [7, 11) is 0. The van der Waals surface area contributed by atoms with E-state index >= 15 is 0 Å². The first kappa shape index (κ1) is 10.4. The molecule has 5 nitrogen and oxygen atoms in total. The number of nitrogens with zero attached hydrogens (tertiary/aromatic N) is 1. The molecule has 2 amide bonds. The van der Waals surface area contributed by atoms with Gasteiger partial charge in [-0.25, -0.2) is 0 Å². The molecule has 16 heavy (non-hydrogen) atoms. The molecule has 3 rings (SSSR count). The van der Waals surface area contributed by atoms with Crippen LogP contribution >= 0.6 is 11.8 Å². The van der Waals surface area contributed by atoms with Crippen LogP contribution in [0.2, 0.25) is 0 Å². The van der Waals surface area contributed by atoms with Crippen molar-refractivity contribution in [2.24, 2.45) is 11.8 Å². The molecule has 3 atom stereocenters. The van der Waals surface area contributed by atoms with Crippen molar-refractivity contribution in [1.29, 1.82) is 0 Å². The van der Waals surface area contributed by atoms with Crippen molar-refractivity contribution >= 4 is 22.9 Å². The Bertz CT molecular complexity index is 324. The second-order valence-electron chi connectivity index (χ2n) is 4.72. The molecule has 0 aromatic heterocycles. The molecule has 0 bridgehead atoms. The molecule has 3 aliphatic heterocycles. The molecule has 3 heterocycles. The van der Waals surface area contributed by atoms with Crippen LogP contribution in [-0.4, -0.2) is 54.0 Å². The van der Waals surface area contributed by atoms with Crippen LogP contribution in [0.4, 0.5) is 4.79 Å².